The molecular weight excluding hydrogens is 282 g/mol. The second-order valence-corrected chi connectivity index (χ2v) is 7.31. The first-order chi connectivity index (χ1) is 9.94. The molecule has 3 nitrogen and oxygen atoms in total. The highest BCUT2D eigenvalue weighted by molar-refractivity contribution is 7.09. The van der Waals surface area contributed by atoms with Crippen molar-refractivity contribution in [3.05, 3.63) is 45.5 Å². The van der Waals surface area contributed by atoms with E-state index in [1.165, 1.54) is 4.88 Å². The monoisotopic (exact) mass is 307 g/mol. The highest BCUT2D eigenvalue weighted by Crippen LogP contribution is 2.17. The van der Waals surface area contributed by atoms with Crippen LogP contribution in [0.2, 0.25) is 0 Å². The van der Waals surface area contributed by atoms with E-state index in [1.54, 1.807) is 11.3 Å². The zero-order valence-electron chi connectivity index (χ0n) is 13.4. The van der Waals surface area contributed by atoms with Crippen molar-refractivity contribution in [2.75, 3.05) is 6.61 Å². The number of furan rings is 1. The maximum Gasteiger partial charge on any atom is 0.118 e. The molecule has 1 N–H and O–H groups in total. The summed E-state index contributed by atoms with van der Waals surface area (Å²) in [4.78, 5) is 1.37. The van der Waals surface area contributed by atoms with Gasteiger partial charge in [0.15, 0.2) is 0 Å². The van der Waals surface area contributed by atoms with Crippen molar-refractivity contribution in [2.24, 2.45) is 0 Å². The number of rotatable bonds is 7. The molecule has 0 unspecified atom stereocenters. The standard InChI is InChI=1S/C17H25NO2S/c1-13-14(10-15(20-13)11-18-17(2,3)4)12-19-8-7-16-6-5-9-21-16/h5-6,9-10,18H,7-8,11-12H2,1-4H3. The predicted molar refractivity (Wildman–Crippen MR) is 87.7 cm³/mol. The summed E-state index contributed by atoms with van der Waals surface area (Å²) in [6.45, 7) is 10.6. The lowest BCUT2D eigenvalue weighted by Crippen LogP contribution is -2.34. The van der Waals surface area contributed by atoms with Crippen molar-refractivity contribution < 1.29 is 9.15 Å². The summed E-state index contributed by atoms with van der Waals surface area (Å²) in [5.74, 6) is 1.93. The van der Waals surface area contributed by atoms with Gasteiger partial charge in [-0.1, -0.05) is 6.07 Å². The van der Waals surface area contributed by atoms with Crippen molar-refractivity contribution in [2.45, 2.75) is 52.8 Å². The first kappa shape index (κ1) is 16.3. The van der Waals surface area contributed by atoms with E-state index in [1.807, 2.05) is 6.92 Å². The maximum absolute atomic E-state index is 5.77. The van der Waals surface area contributed by atoms with E-state index in [0.717, 1.165) is 36.7 Å². The molecule has 2 rings (SSSR count). The van der Waals surface area contributed by atoms with E-state index in [0.29, 0.717) is 6.61 Å². The third kappa shape index (κ3) is 5.65. The lowest BCUT2D eigenvalue weighted by Gasteiger charge is -2.19. The topological polar surface area (TPSA) is 34.4 Å². The van der Waals surface area contributed by atoms with Crippen LogP contribution in [0.25, 0.3) is 0 Å². The Bertz CT molecular complexity index is 538. The lowest BCUT2D eigenvalue weighted by atomic mass is 10.1. The van der Waals surface area contributed by atoms with Gasteiger partial charge in [-0.25, -0.2) is 0 Å². The average Bonchev–Trinajstić information content (AvgIpc) is 3.02. The summed E-state index contributed by atoms with van der Waals surface area (Å²) in [5, 5.41) is 5.53. The number of hydrogen-bond acceptors (Lipinski definition) is 4. The maximum atomic E-state index is 5.77. The number of hydrogen-bond donors (Lipinski definition) is 1. The predicted octanol–water partition coefficient (Wildman–Crippen LogP) is 4.30. The van der Waals surface area contributed by atoms with Crippen LogP contribution >= 0.6 is 11.3 Å². The Kier molecular flexibility index (Phi) is 5.62. The molecule has 0 spiro atoms. The molecular formula is C17H25NO2S. The fourth-order valence-electron chi connectivity index (χ4n) is 1.98. The molecule has 0 aromatic carbocycles. The van der Waals surface area contributed by atoms with Crippen molar-refractivity contribution in [3.8, 4) is 0 Å². The highest BCUT2D eigenvalue weighted by Gasteiger charge is 2.12. The molecule has 116 valence electrons. The van der Waals surface area contributed by atoms with E-state index in [-0.39, 0.29) is 5.54 Å². The minimum Gasteiger partial charge on any atom is -0.465 e. The van der Waals surface area contributed by atoms with Gasteiger partial charge in [-0.2, -0.15) is 0 Å². The smallest absolute Gasteiger partial charge is 0.118 e. The fourth-order valence-corrected chi connectivity index (χ4v) is 2.67. The minimum atomic E-state index is 0.0953. The molecule has 21 heavy (non-hydrogen) atoms. The summed E-state index contributed by atoms with van der Waals surface area (Å²) < 4.78 is 11.5. The SMILES string of the molecule is Cc1oc(CNC(C)(C)C)cc1COCCc1cccs1. The molecule has 4 heteroatoms. The third-order valence-electron chi connectivity index (χ3n) is 3.20. The van der Waals surface area contributed by atoms with Crippen LogP contribution < -0.4 is 5.32 Å². The van der Waals surface area contributed by atoms with Crippen molar-refractivity contribution in [1.82, 2.24) is 5.32 Å². The molecule has 0 radical (unpaired) electrons. The molecule has 0 aliphatic carbocycles. The summed E-state index contributed by atoms with van der Waals surface area (Å²) in [6.07, 6.45) is 0.979. The highest BCUT2D eigenvalue weighted by atomic mass is 32.1. The Morgan fingerprint density at radius 3 is 2.81 bits per heavy atom. The zero-order chi connectivity index (χ0) is 15.3. The van der Waals surface area contributed by atoms with Crippen LogP contribution in [0.15, 0.2) is 28.0 Å². The van der Waals surface area contributed by atoms with Gasteiger partial charge in [0.1, 0.15) is 11.5 Å². The van der Waals surface area contributed by atoms with Gasteiger partial charge in [0.25, 0.3) is 0 Å². The van der Waals surface area contributed by atoms with Gasteiger partial charge in [-0.15, -0.1) is 11.3 Å². The average molecular weight is 307 g/mol. The molecule has 0 bridgehead atoms. The Morgan fingerprint density at radius 2 is 2.14 bits per heavy atom. The fraction of sp³-hybridized carbons (Fsp3) is 0.529. The second-order valence-electron chi connectivity index (χ2n) is 6.28. The number of ether oxygens (including phenoxy) is 1. The van der Waals surface area contributed by atoms with Crippen LogP contribution in [-0.2, 0) is 24.3 Å². The zero-order valence-corrected chi connectivity index (χ0v) is 14.2. The molecule has 0 aliphatic heterocycles. The molecule has 2 aromatic rings. The summed E-state index contributed by atoms with van der Waals surface area (Å²) in [6, 6.07) is 6.32. The molecule has 0 amide bonds. The second kappa shape index (κ2) is 7.25. The molecule has 2 heterocycles. The van der Waals surface area contributed by atoms with Crippen molar-refractivity contribution >= 4 is 11.3 Å². The van der Waals surface area contributed by atoms with Crippen molar-refractivity contribution in [3.63, 3.8) is 0 Å². The molecule has 2 aromatic heterocycles. The van der Waals surface area contributed by atoms with Gasteiger partial charge >= 0.3 is 0 Å². The summed E-state index contributed by atoms with van der Waals surface area (Å²) in [5.41, 5.74) is 1.24. The van der Waals surface area contributed by atoms with Crippen LogP contribution in [0.4, 0.5) is 0 Å². The van der Waals surface area contributed by atoms with Gasteiger partial charge in [0.2, 0.25) is 0 Å². The van der Waals surface area contributed by atoms with Gasteiger partial charge in [-0.3, -0.25) is 0 Å². The van der Waals surface area contributed by atoms with Crippen molar-refractivity contribution in [1.29, 1.82) is 0 Å². The van der Waals surface area contributed by atoms with E-state index < -0.39 is 0 Å². The van der Waals surface area contributed by atoms with E-state index in [2.05, 4.69) is 49.7 Å². The van der Waals surface area contributed by atoms with Crippen LogP contribution in [0.1, 0.15) is 42.7 Å². The van der Waals surface area contributed by atoms with Gasteiger partial charge in [0.05, 0.1) is 19.8 Å². The van der Waals surface area contributed by atoms with Crippen LogP contribution in [0.3, 0.4) is 0 Å². The quantitative estimate of drug-likeness (QED) is 0.775. The van der Waals surface area contributed by atoms with E-state index in [4.69, 9.17) is 9.15 Å². The Hall–Kier alpha value is -1.10. The van der Waals surface area contributed by atoms with Crippen LogP contribution in [0, 0.1) is 6.92 Å². The Labute approximate surface area is 131 Å². The van der Waals surface area contributed by atoms with Crippen LogP contribution in [-0.4, -0.2) is 12.1 Å². The molecule has 0 saturated heterocycles. The normalized spacial score (nSPS) is 12.0. The molecule has 0 fully saturated rings. The lowest BCUT2D eigenvalue weighted by molar-refractivity contribution is 0.123. The number of thiophene rings is 1. The van der Waals surface area contributed by atoms with Gasteiger partial charge in [-0.05, 0) is 45.2 Å². The number of nitrogens with one attached hydrogen (secondary N) is 1. The summed E-state index contributed by atoms with van der Waals surface area (Å²) in [7, 11) is 0. The number of aryl methyl sites for hydroxylation is 1. The van der Waals surface area contributed by atoms with Crippen LogP contribution in [0.5, 0.6) is 0 Å². The third-order valence-corrected chi connectivity index (χ3v) is 4.13. The Balaban J connectivity index is 1.76. The first-order valence-corrected chi connectivity index (χ1v) is 8.25. The van der Waals surface area contributed by atoms with E-state index >= 15 is 0 Å². The van der Waals surface area contributed by atoms with E-state index in [9.17, 15) is 0 Å². The Morgan fingerprint density at radius 1 is 1.33 bits per heavy atom. The largest absolute Gasteiger partial charge is 0.465 e. The summed E-state index contributed by atoms with van der Waals surface area (Å²) >= 11 is 1.78. The molecule has 0 aliphatic rings. The minimum absolute atomic E-state index is 0.0953. The van der Waals surface area contributed by atoms with Gasteiger partial charge < -0.3 is 14.5 Å². The molecule has 0 atom stereocenters. The first-order valence-electron chi connectivity index (χ1n) is 7.37. The molecule has 0 saturated carbocycles. The van der Waals surface area contributed by atoms with Gasteiger partial charge in [0, 0.05) is 22.4 Å².